The van der Waals surface area contributed by atoms with E-state index < -0.39 is 0 Å². The first kappa shape index (κ1) is 18.7. The molecule has 0 bridgehead atoms. The Morgan fingerprint density at radius 1 is 1.25 bits per heavy atom. The van der Waals surface area contributed by atoms with Crippen LogP contribution in [-0.4, -0.2) is 12.6 Å². The summed E-state index contributed by atoms with van der Waals surface area (Å²) in [6.45, 7) is 10.9. The molecule has 0 amide bonds. The van der Waals surface area contributed by atoms with E-state index in [0.717, 1.165) is 24.8 Å². The average Bonchev–Trinajstić information content (AvgIpc) is 2.35. The lowest BCUT2D eigenvalue weighted by atomic mass is 10.0. The summed E-state index contributed by atoms with van der Waals surface area (Å²) in [4.78, 5) is 11.4. The van der Waals surface area contributed by atoms with Crippen LogP contribution in [0.1, 0.15) is 60.3 Å². The molecule has 0 aromatic carbocycles. The first-order chi connectivity index (χ1) is 9.45. The van der Waals surface area contributed by atoms with Crippen LogP contribution in [0.25, 0.3) is 0 Å². The van der Waals surface area contributed by atoms with E-state index >= 15 is 0 Å². The summed E-state index contributed by atoms with van der Waals surface area (Å²) in [5.41, 5.74) is 2.33. The number of esters is 1. The van der Waals surface area contributed by atoms with Crippen molar-refractivity contribution in [3.8, 4) is 0 Å². The number of rotatable bonds is 9. The van der Waals surface area contributed by atoms with Crippen LogP contribution >= 0.6 is 0 Å². The molecular formula is C18H30O2. The molecule has 0 fully saturated rings. The van der Waals surface area contributed by atoms with Gasteiger partial charge in [-0.1, -0.05) is 37.6 Å². The second kappa shape index (κ2) is 11.5. The zero-order valence-electron chi connectivity index (χ0n) is 13.7. The van der Waals surface area contributed by atoms with Crippen molar-refractivity contribution in [1.82, 2.24) is 0 Å². The van der Waals surface area contributed by atoms with Crippen molar-refractivity contribution < 1.29 is 9.53 Å². The molecule has 1 atom stereocenters. The second-order valence-electron chi connectivity index (χ2n) is 5.66. The number of carbonyl (C=O) groups excluding carboxylic acids is 1. The minimum Gasteiger partial charge on any atom is -0.463 e. The van der Waals surface area contributed by atoms with Crippen LogP contribution in [0.2, 0.25) is 0 Å². The topological polar surface area (TPSA) is 26.3 Å². The van der Waals surface area contributed by atoms with Crippen LogP contribution < -0.4 is 0 Å². The Labute approximate surface area is 124 Å². The van der Waals surface area contributed by atoms with Gasteiger partial charge >= 0.3 is 5.97 Å². The molecule has 0 aromatic heterocycles. The van der Waals surface area contributed by atoms with Gasteiger partial charge in [-0.3, -0.25) is 0 Å². The Hall–Kier alpha value is -1.31. The van der Waals surface area contributed by atoms with E-state index in [4.69, 9.17) is 4.74 Å². The standard InChI is InChI=1S/C18H30O2/c1-6-13-20-18(19)14-17(5)12-8-11-16(4)10-7-9-15(2)3/h8-9,12,14,16H,6-7,10-11,13H2,1-5H3. The Morgan fingerprint density at radius 3 is 2.55 bits per heavy atom. The molecule has 0 aliphatic rings. The third kappa shape index (κ3) is 11.8. The van der Waals surface area contributed by atoms with Crippen molar-refractivity contribution in [3.05, 3.63) is 35.5 Å². The summed E-state index contributed by atoms with van der Waals surface area (Å²) in [6, 6.07) is 0. The maximum absolute atomic E-state index is 11.4. The highest BCUT2D eigenvalue weighted by Gasteiger charge is 1.99. The first-order valence-corrected chi connectivity index (χ1v) is 7.60. The molecule has 0 aromatic rings. The highest BCUT2D eigenvalue weighted by molar-refractivity contribution is 5.83. The van der Waals surface area contributed by atoms with Crippen LogP contribution in [0.15, 0.2) is 35.5 Å². The summed E-state index contributed by atoms with van der Waals surface area (Å²) >= 11 is 0. The molecule has 0 aliphatic heterocycles. The maximum atomic E-state index is 11.4. The monoisotopic (exact) mass is 278 g/mol. The van der Waals surface area contributed by atoms with E-state index in [9.17, 15) is 4.79 Å². The van der Waals surface area contributed by atoms with Crippen LogP contribution in [0.3, 0.4) is 0 Å². The van der Waals surface area contributed by atoms with E-state index in [-0.39, 0.29) is 5.97 Å². The highest BCUT2D eigenvalue weighted by Crippen LogP contribution is 2.13. The highest BCUT2D eigenvalue weighted by atomic mass is 16.5. The van der Waals surface area contributed by atoms with Gasteiger partial charge in [0.1, 0.15) is 0 Å². The Morgan fingerprint density at radius 2 is 1.95 bits per heavy atom. The van der Waals surface area contributed by atoms with Crippen LogP contribution in [0, 0.1) is 5.92 Å². The zero-order chi connectivity index (χ0) is 15.4. The predicted octanol–water partition coefficient (Wildman–Crippen LogP) is 5.21. The molecule has 0 saturated heterocycles. The van der Waals surface area contributed by atoms with Crippen LogP contribution in [0.4, 0.5) is 0 Å². The summed E-state index contributed by atoms with van der Waals surface area (Å²) in [5, 5.41) is 0. The van der Waals surface area contributed by atoms with E-state index in [2.05, 4.69) is 32.9 Å². The predicted molar refractivity (Wildman–Crippen MR) is 86.6 cm³/mol. The van der Waals surface area contributed by atoms with Crippen LogP contribution in [-0.2, 0) is 9.53 Å². The zero-order valence-corrected chi connectivity index (χ0v) is 13.7. The molecule has 0 aliphatic carbocycles. The van der Waals surface area contributed by atoms with Gasteiger partial charge in [0.05, 0.1) is 6.61 Å². The Balaban J connectivity index is 4.00. The fourth-order valence-corrected chi connectivity index (χ4v) is 1.74. The van der Waals surface area contributed by atoms with Gasteiger partial charge in [0.2, 0.25) is 0 Å². The normalized spacial score (nSPS) is 13.3. The fraction of sp³-hybridized carbons (Fsp3) is 0.611. The summed E-state index contributed by atoms with van der Waals surface area (Å²) in [7, 11) is 0. The molecule has 2 nitrogen and oxygen atoms in total. The molecule has 0 spiro atoms. The molecule has 0 rings (SSSR count). The molecule has 0 radical (unpaired) electrons. The van der Waals surface area contributed by atoms with Crippen molar-refractivity contribution in [2.24, 2.45) is 5.92 Å². The number of carbonyl (C=O) groups is 1. The third-order valence-corrected chi connectivity index (χ3v) is 2.93. The van der Waals surface area contributed by atoms with E-state index in [1.165, 1.54) is 12.0 Å². The number of ether oxygens (including phenoxy) is 1. The number of allylic oxidation sites excluding steroid dienone is 5. The largest absolute Gasteiger partial charge is 0.463 e. The average molecular weight is 278 g/mol. The maximum Gasteiger partial charge on any atom is 0.331 e. The molecule has 0 heterocycles. The van der Waals surface area contributed by atoms with Crippen molar-refractivity contribution in [2.75, 3.05) is 6.61 Å². The van der Waals surface area contributed by atoms with Gasteiger partial charge in [-0.2, -0.15) is 0 Å². The lowest BCUT2D eigenvalue weighted by Crippen LogP contribution is -2.01. The van der Waals surface area contributed by atoms with Crippen molar-refractivity contribution in [3.63, 3.8) is 0 Å². The van der Waals surface area contributed by atoms with Gasteiger partial charge < -0.3 is 4.74 Å². The fourth-order valence-electron chi connectivity index (χ4n) is 1.74. The van der Waals surface area contributed by atoms with Gasteiger partial charge in [-0.15, -0.1) is 0 Å². The lowest BCUT2D eigenvalue weighted by Gasteiger charge is -2.06. The number of hydrogen-bond acceptors (Lipinski definition) is 2. The first-order valence-electron chi connectivity index (χ1n) is 7.60. The summed E-state index contributed by atoms with van der Waals surface area (Å²) < 4.78 is 5.01. The van der Waals surface area contributed by atoms with Gasteiger partial charge in [0.15, 0.2) is 0 Å². The van der Waals surface area contributed by atoms with Gasteiger partial charge in [0, 0.05) is 6.08 Å². The molecular weight excluding hydrogens is 248 g/mol. The van der Waals surface area contributed by atoms with E-state index in [0.29, 0.717) is 12.5 Å². The van der Waals surface area contributed by atoms with Crippen molar-refractivity contribution >= 4 is 5.97 Å². The minimum atomic E-state index is -0.245. The van der Waals surface area contributed by atoms with Crippen molar-refractivity contribution in [1.29, 1.82) is 0 Å². The summed E-state index contributed by atoms with van der Waals surface area (Å²) in [6.07, 6.45) is 12.3. The van der Waals surface area contributed by atoms with Gasteiger partial charge in [0.25, 0.3) is 0 Å². The lowest BCUT2D eigenvalue weighted by molar-refractivity contribution is -0.137. The third-order valence-electron chi connectivity index (χ3n) is 2.93. The summed E-state index contributed by atoms with van der Waals surface area (Å²) in [5.74, 6) is 0.423. The Bertz CT molecular complexity index is 358. The van der Waals surface area contributed by atoms with Crippen molar-refractivity contribution in [2.45, 2.75) is 60.3 Å². The van der Waals surface area contributed by atoms with E-state index in [1.807, 2.05) is 19.9 Å². The van der Waals surface area contributed by atoms with E-state index in [1.54, 1.807) is 6.08 Å². The van der Waals surface area contributed by atoms with Gasteiger partial charge in [-0.05, 0) is 57.9 Å². The molecule has 1 unspecified atom stereocenters. The molecule has 0 saturated carbocycles. The SMILES string of the molecule is CCCOC(=O)C=C(C)C=CCC(C)CCC=C(C)C. The molecule has 2 heteroatoms. The quantitative estimate of drug-likeness (QED) is 0.250. The number of hydrogen-bond donors (Lipinski definition) is 0. The minimum absolute atomic E-state index is 0.245. The van der Waals surface area contributed by atoms with Crippen LogP contribution in [0.5, 0.6) is 0 Å². The Kier molecular flexibility index (Phi) is 10.8. The van der Waals surface area contributed by atoms with Gasteiger partial charge in [-0.25, -0.2) is 4.79 Å². The smallest absolute Gasteiger partial charge is 0.331 e. The molecule has 114 valence electrons. The second-order valence-corrected chi connectivity index (χ2v) is 5.66. The molecule has 0 N–H and O–H groups in total. The molecule has 20 heavy (non-hydrogen) atoms.